The number of nitrogens with two attached hydrogens (primary N) is 1. The summed E-state index contributed by atoms with van der Waals surface area (Å²) in [5, 5.41) is 0.472. The Morgan fingerprint density at radius 2 is 2.35 bits per heavy atom. The van der Waals surface area contributed by atoms with E-state index >= 15 is 0 Å². The molecule has 0 spiro atoms. The molecule has 1 aromatic carbocycles. The lowest BCUT2D eigenvalue weighted by Crippen LogP contribution is -2.36. The van der Waals surface area contributed by atoms with Gasteiger partial charge in [-0.1, -0.05) is 17.7 Å². The average Bonchev–Trinajstić information content (AvgIpc) is 2.69. The smallest absolute Gasteiger partial charge is 0.124 e. The molecule has 0 aliphatic carbocycles. The predicted molar refractivity (Wildman–Crippen MR) is 68.6 cm³/mol. The van der Waals surface area contributed by atoms with Gasteiger partial charge in [-0.05, 0) is 44.0 Å². The van der Waals surface area contributed by atoms with Crippen LogP contribution in [0.1, 0.15) is 31.4 Å². The Morgan fingerprint density at radius 3 is 2.88 bits per heavy atom. The van der Waals surface area contributed by atoms with E-state index in [1.54, 1.807) is 6.07 Å². The largest absolute Gasteiger partial charge is 0.329 e. The number of nitrogens with zero attached hydrogens (tertiary/aromatic N) is 1. The summed E-state index contributed by atoms with van der Waals surface area (Å²) in [5.41, 5.74) is 6.79. The van der Waals surface area contributed by atoms with Gasteiger partial charge >= 0.3 is 0 Å². The maximum absolute atomic E-state index is 13.0. The third-order valence-electron chi connectivity index (χ3n) is 3.55. The van der Waals surface area contributed by atoms with Gasteiger partial charge in [-0.2, -0.15) is 0 Å². The Morgan fingerprint density at radius 1 is 1.59 bits per heavy atom. The maximum atomic E-state index is 13.0. The third-order valence-corrected chi connectivity index (χ3v) is 3.88. The highest BCUT2D eigenvalue weighted by molar-refractivity contribution is 6.31. The summed E-state index contributed by atoms with van der Waals surface area (Å²) in [6, 6.07) is 5.18. The van der Waals surface area contributed by atoms with Gasteiger partial charge in [0.15, 0.2) is 0 Å². The molecule has 0 bridgehead atoms. The van der Waals surface area contributed by atoms with Crippen molar-refractivity contribution in [2.24, 2.45) is 5.73 Å². The number of halogens is 2. The van der Waals surface area contributed by atoms with Crippen LogP contribution in [0, 0.1) is 5.82 Å². The molecule has 4 heteroatoms. The van der Waals surface area contributed by atoms with E-state index < -0.39 is 0 Å². The molecule has 1 saturated heterocycles. The fourth-order valence-corrected chi connectivity index (χ4v) is 2.92. The molecule has 2 unspecified atom stereocenters. The molecule has 2 rings (SSSR count). The Bertz CT molecular complexity index is 397. The molecular formula is C13H18ClFN2. The van der Waals surface area contributed by atoms with Crippen molar-refractivity contribution in [1.82, 2.24) is 4.90 Å². The molecule has 17 heavy (non-hydrogen) atoms. The molecule has 0 aromatic heterocycles. The van der Waals surface area contributed by atoms with E-state index in [1.165, 1.54) is 25.0 Å². The molecule has 0 saturated carbocycles. The minimum Gasteiger partial charge on any atom is -0.329 e. The van der Waals surface area contributed by atoms with Crippen molar-refractivity contribution >= 4 is 11.6 Å². The van der Waals surface area contributed by atoms with Crippen molar-refractivity contribution < 1.29 is 4.39 Å². The van der Waals surface area contributed by atoms with Crippen LogP contribution in [0.2, 0.25) is 5.02 Å². The van der Waals surface area contributed by atoms with E-state index in [4.69, 9.17) is 17.3 Å². The van der Waals surface area contributed by atoms with Gasteiger partial charge in [0.2, 0.25) is 0 Å². The summed E-state index contributed by atoms with van der Waals surface area (Å²) in [4.78, 5) is 2.36. The molecule has 0 radical (unpaired) electrons. The number of hydrogen-bond acceptors (Lipinski definition) is 2. The van der Waals surface area contributed by atoms with Gasteiger partial charge in [-0.15, -0.1) is 0 Å². The van der Waals surface area contributed by atoms with Gasteiger partial charge in [0.1, 0.15) is 5.82 Å². The highest BCUT2D eigenvalue weighted by atomic mass is 35.5. The minimum atomic E-state index is -0.302. The summed E-state index contributed by atoms with van der Waals surface area (Å²) in [5.74, 6) is -0.302. The molecular weight excluding hydrogens is 239 g/mol. The lowest BCUT2D eigenvalue weighted by atomic mass is 10.0. The molecule has 1 fully saturated rings. The first-order valence-electron chi connectivity index (χ1n) is 6.04. The van der Waals surface area contributed by atoms with Crippen molar-refractivity contribution in [3.05, 3.63) is 34.6 Å². The van der Waals surface area contributed by atoms with E-state index in [-0.39, 0.29) is 11.9 Å². The van der Waals surface area contributed by atoms with Gasteiger partial charge in [0, 0.05) is 23.7 Å². The second-order valence-corrected chi connectivity index (χ2v) is 5.05. The van der Waals surface area contributed by atoms with Gasteiger partial charge < -0.3 is 5.73 Å². The van der Waals surface area contributed by atoms with Crippen molar-refractivity contribution in [3.8, 4) is 0 Å². The van der Waals surface area contributed by atoms with Crippen molar-refractivity contribution in [1.29, 1.82) is 0 Å². The number of likely N-dealkylation sites (tertiary alicyclic amines) is 1. The fraction of sp³-hybridized carbons (Fsp3) is 0.538. The van der Waals surface area contributed by atoms with E-state index in [2.05, 4.69) is 11.8 Å². The standard InChI is InChI=1S/C13H18ClFN2/c1-9-3-2-6-17(9)13(8-16)11-5-4-10(15)7-12(11)14/h4-5,7,9,13H,2-3,6,8,16H2,1H3. The summed E-state index contributed by atoms with van der Waals surface area (Å²) >= 11 is 6.11. The van der Waals surface area contributed by atoms with Crippen LogP contribution in [0.5, 0.6) is 0 Å². The topological polar surface area (TPSA) is 29.3 Å². The molecule has 2 atom stereocenters. The first kappa shape index (κ1) is 12.8. The normalized spacial score (nSPS) is 22.9. The van der Waals surface area contributed by atoms with E-state index in [0.29, 0.717) is 17.6 Å². The van der Waals surface area contributed by atoms with Gasteiger partial charge in [0.25, 0.3) is 0 Å². The summed E-state index contributed by atoms with van der Waals surface area (Å²) in [7, 11) is 0. The molecule has 1 aliphatic rings. The molecule has 1 aromatic rings. The summed E-state index contributed by atoms with van der Waals surface area (Å²) in [6.45, 7) is 3.75. The molecule has 2 N–H and O–H groups in total. The van der Waals surface area contributed by atoms with Crippen LogP contribution < -0.4 is 5.73 Å². The Balaban J connectivity index is 2.28. The molecule has 2 nitrogen and oxygen atoms in total. The zero-order chi connectivity index (χ0) is 12.4. The quantitative estimate of drug-likeness (QED) is 0.901. The van der Waals surface area contributed by atoms with E-state index in [1.807, 2.05) is 0 Å². The Labute approximate surface area is 107 Å². The van der Waals surface area contributed by atoms with Gasteiger partial charge in [0.05, 0.1) is 0 Å². The van der Waals surface area contributed by atoms with Gasteiger partial charge in [-0.3, -0.25) is 4.90 Å². The predicted octanol–water partition coefficient (Wildman–Crippen LogP) is 2.96. The first-order valence-corrected chi connectivity index (χ1v) is 6.42. The SMILES string of the molecule is CC1CCCN1C(CN)c1ccc(F)cc1Cl. The van der Waals surface area contributed by atoms with Crippen LogP contribution >= 0.6 is 11.6 Å². The number of benzene rings is 1. The Hall–Kier alpha value is -0.640. The highest BCUT2D eigenvalue weighted by Crippen LogP contribution is 2.32. The lowest BCUT2D eigenvalue weighted by Gasteiger charge is -2.31. The van der Waals surface area contributed by atoms with E-state index in [0.717, 1.165) is 12.1 Å². The van der Waals surface area contributed by atoms with Crippen LogP contribution in [0.3, 0.4) is 0 Å². The third kappa shape index (κ3) is 2.62. The van der Waals surface area contributed by atoms with Crippen LogP contribution in [0.25, 0.3) is 0 Å². The zero-order valence-corrected chi connectivity index (χ0v) is 10.8. The van der Waals surface area contributed by atoms with Crippen LogP contribution in [0.15, 0.2) is 18.2 Å². The molecule has 1 heterocycles. The Kier molecular flexibility index (Phi) is 4.02. The second-order valence-electron chi connectivity index (χ2n) is 4.65. The maximum Gasteiger partial charge on any atom is 0.124 e. The minimum absolute atomic E-state index is 0.0978. The molecule has 94 valence electrons. The number of rotatable bonds is 3. The summed E-state index contributed by atoms with van der Waals surface area (Å²) < 4.78 is 13.0. The monoisotopic (exact) mass is 256 g/mol. The lowest BCUT2D eigenvalue weighted by molar-refractivity contribution is 0.195. The van der Waals surface area contributed by atoms with Crippen molar-refractivity contribution in [3.63, 3.8) is 0 Å². The second kappa shape index (κ2) is 5.34. The van der Waals surface area contributed by atoms with Crippen LogP contribution in [0.4, 0.5) is 4.39 Å². The van der Waals surface area contributed by atoms with Crippen molar-refractivity contribution in [2.45, 2.75) is 31.8 Å². The molecule has 0 amide bonds. The zero-order valence-electron chi connectivity index (χ0n) is 10.00. The molecule has 1 aliphatic heterocycles. The first-order chi connectivity index (χ1) is 8.13. The summed E-state index contributed by atoms with van der Waals surface area (Å²) in [6.07, 6.45) is 2.38. The van der Waals surface area contributed by atoms with E-state index in [9.17, 15) is 4.39 Å². The fourth-order valence-electron chi connectivity index (χ4n) is 2.63. The van der Waals surface area contributed by atoms with Crippen molar-refractivity contribution in [2.75, 3.05) is 13.1 Å². The van der Waals surface area contributed by atoms with Gasteiger partial charge in [-0.25, -0.2) is 4.39 Å². The average molecular weight is 257 g/mol. The highest BCUT2D eigenvalue weighted by Gasteiger charge is 2.29. The number of hydrogen-bond donors (Lipinski definition) is 1. The van der Waals surface area contributed by atoms with Crippen LogP contribution in [-0.4, -0.2) is 24.0 Å². The van der Waals surface area contributed by atoms with Crippen LogP contribution in [-0.2, 0) is 0 Å².